The average molecular weight is 372 g/mol. The predicted molar refractivity (Wildman–Crippen MR) is 90.5 cm³/mol. The van der Waals surface area contributed by atoms with Crippen LogP contribution in [0.5, 0.6) is 0 Å². The fourth-order valence-corrected chi connectivity index (χ4v) is 2.74. The van der Waals surface area contributed by atoms with Crippen LogP contribution in [-0.4, -0.2) is 35.0 Å². The number of amides is 1. The molecular formula is C15H18BrNO3S. The summed E-state index contributed by atoms with van der Waals surface area (Å²) in [4.78, 5) is 22.8. The van der Waals surface area contributed by atoms with Crippen molar-refractivity contribution in [3.63, 3.8) is 0 Å². The van der Waals surface area contributed by atoms with Gasteiger partial charge in [0.15, 0.2) is 0 Å². The van der Waals surface area contributed by atoms with Gasteiger partial charge in [-0.3, -0.25) is 4.79 Å². The van der Waals surface area contributed by atoms with E-state index in [2.05, 4.69) is 21.2 Å². The largest absolute Gasteiger partial charge is 0.480 e. The number of hydrogen-bond acceptors (Lipinski definition) is 3. The molecule has 0 spiro atoms. The highest BCUT2D eigenvalue weighted by molar-refractivity contribution is 9.10. The lowest BCUT2D eigenvalue weighted by molar-refractivity contribution is -0.141. The van der Waals surface area contributed by atoms with Crippen molar-refractivity contribution in [2.24, 2.45) is 0 Å². The van der Waals surface area contributed by atoms with Gasteiger partial charge in [0.25, 0.3) is 0 Å². The number of benzene rings is 1. The number of nitrogens with one attached hydrogen (secondary N) is 1. The Morgan fingerprint density at radius 1 is 1.48 bits per heavy atom. The third-order valence-corrected chi connectivity index (χ3v) is 4.13. The molecule has 0 bridgehead atoms. The number of rotatable bonds is 7. The molecule has 0 saturated carbocycles. The van der Waals surface area contributed by atoms with Gasteiger partial charge in [0.1, 0.15) is 6.04 Å². The fourth-order valence-electron chi connectivity index (χ4n) is 1.65. The zero-order chi connectivity index (χ0) is 15.8. The minimum atomic E-state index is -1.01. The Morgan fingerprint density at radius 3 is 2.76 bits per heavy atom. The number of carboxylic acids is 1. The van der Waals surface area contributed by atoms with Crippen molar-refractivity contribution in [2.45, 2.75) is 19.4 Å². The second kappa shape index (κ2) is 8.89. The number of hydrogen-bond donors (Lipinski definition) is 2. The van der Waals surface area contributed by atoms with Crippen LogP contribution < -0.4 is 5.32 Å². The van der Waals surface area contributed by atoms with E-state index in [1.54, 1.807) is 17.8 Å². The molecule has 114 valence electrons. The molecule has 0 saturated heterocycles. The van der Waals surface area contributed by atoms with E-state index in [4.69, 9.17) is 5.11 Å². The molecule has 1 aromatic rings. The van der Waals surface area contributed by atoms with Gasteiger partial charge in [-0.05, 0) is 48.6 Å². The maximum Gasteiger partial charge on any atom is 0.326 e. The number of thioether (sulfide) groups is 1. The summed E-state index contributed by atoms with van der Waals surface area (Å²) in [5.74, 6) is -0.733. The molecule has 21 heavy (non-hydrogen) atoms. The van der Waals surface area contributed by atoms with E-state index in [9.17, 15) is 9.59 Å². The Kier molecular flexibility index (Phi) is 7.53. The third kappa shape index (κ3) is 6.35. The molecule has 0 heterocycles. The second-order valence-electron chi connectivity index (χ2n) is 4.54. The number of aryl methyl sites for hydroxylation is 1. The van der Waals surface area contributed by atoms with E-state index in [0.29, 0.717) is 12.2 Å². The molecule has 1 rings (SSSR count). The van der Waals surface area contributed by atoms with Gasteiger partial charge in [0.05, 0.1) is 0 Å². The van der Waals surface area contributed by atoms with E-state index in [1.807, 2.05) is 31.4 Å². The van der Waals surface area contributed by atoms with Gasteiger partial charge in [-0.1, -0.05) is 28.1 Å². The van der Waals surface area contributed by atoms with E-state index < -0.39 is 17.9 Å². The van der Waals surface area contributed by atoms with Gasteiger partial charge >= 0.3 is 5.97 Å². The number of halogens is 1. The van der Waals surface area contributed by atoms with E-state index in [0.717, 1.165) is 15.6 Å². The molecule has 0 fully saturated rings. The van der Waals surface area contributed by atoms with Crippen molar-refractivity contribution in [1.29, 1.82) is 0 Å². The molecule has 1 aromatic carbocycles. The van der Waals surface area contributed by atoms with Gasteiger partial charge in [-0.25, -0.2) is 4.79 Å². The molecule has 0 aliphatic rings. The van der Waals surface area contributed by atoms with Crippen molar-refractivity contribution < 1.29 is 14.7 Å². The van der Waals surface area contributed by atoms with Gasteiger partial charge in [-0.15, -0.1) is 0 Å². The average Bonchev–Trinajstić information content (AvgIpc) is 2.42. The Balaban J connectivity index is 2.66. The van der Waals surface area contributed by atoms with Crippen molar-refractivity contribution in [1.82, 2.24) is 5.32 Å². The zero-order valence-electron chi connectivity index (χ0n) is 11.9. The predicted octanol–water partition coefficient (Wildman–Crippen LogP) is 3.09. The number of aliphatic carboxylic acids is 1. The number of carbonyl (C=O) groups is 2. The highest BCUT2D eigenvalue weighted by Crippen LogP contribution is 2.19. The molecule has 1 atom stereocenters. The van der Waals surface area contributed by atoms with Crippen LogP contribution in [-0.2, 0) is 9.59 Å². The minimum Gasteiger partial charge on any atom is -0.480 e. The molecule has 4 nitrogen and oxygen atoms in total. The van der Waals surface area contributed by atoms with Gasteiger partial charge < -0.3 is 10.4 Å². The van der Waals surface area contributed by atoms with Crippen molar-refractivity contribution in [3.8, 4) is 0 Å². The Morgan fingerprint density at radius 2 is 2.19 bits per heavy atom. The monoisotopic (exact) mass is 371 g/mol. The summed E-state index contributed by atoms with van der Waals surface area (Å²) in [5.41, 5.74) is 1.98. The fraction of sp³-hybridized carbons (Fsp3) is 0.333. The lowest BCUT2D eigenvalue weighted by atomic mass is 10.1. The maximum absolute atomic E-state index is 11.8. The molecule has 0 radical (unpaired) electrons. The normalized spacial score (nSPS) is 12.3. The van der Waals surface area contributed by atoms with Crippen LogP contribution in [0.2, 0.25) is 0 Å². The van der Waals surface area contributed by atoms with Gasteiger partial charge in [0, 0.05) is 10.5 Å². The van der Waals surface area contributed by atoms with E-state index in [-0.39, 0.29) is 0 Å². The lowest BCUT2D eigenvalue weighted by Crippen LogP contribution is -2.40. The van der Waals surface area contributed by atoms with Crippen LogP contribution in [0.4, 0.5) is 0 Å². The highest BCUT2D eigenvalue weighted by atomic mass is 79.9. The van der Waals surface area contributed by atoms with Gasteiger partial charge in [-0.2, -0.15) is 11.8 Å². The summed E-state index contributed by atoms with van der Waals surface area (Å²) in [5, 5.41) is 11.6. The molecule has 0 aliphatic carbocycles. The Labute approximate surface area is 137 Å². The number of carboxylic acid groups (broad SMARTS) is 1. The first kappa shape index (κ1) is 17.8. The summed E-state index contributed by atoms with van der Waals surface area (Å²) in [6, 6.07) is 4.94. The lowest BCUT2D eigenvalue weighted by Gasteiger charge is -2.12. The van der Waals surface area contributed by atoms with E-state index >= 15 is 0 Å². The van der Waals surface area contributed by atoms with Crippen molar-refractivity contribution in [2.75, 3.05) is 12.0 Å². The molecule has 6 heteroatoms. The van der Waals surface area contributed by atoms with Crippen LogP contribution in [0.1, 0.15) is 17.5 Å². The Hall–Kier alpha value is -1.27. The van der Waals surface area contributed by atoms with Crippen LogP contribution in [0.3, 0.4) is 0 Å². The standard InChI is InChI=1S/C15H18BrNO3S/c1-10-3-4-11(12(16)9-10)5-6-14(18)17-13(15(19)20)7-8-21-2/h3-6,9,13H,7-8H2,1-2H3,(H,17,18)(H,19,20)/b6-5+/t13-/m1/s1. The Bertz CT molecular complexity index is 546. The van der Waals surface area contributed by atoms with Crippen LogP contribution in [0, 0.1) is 6.92 Å². The van der Waals surface area contributed by atoms with Crippen LogP contribution in [0.25, 0.3) is 6.08 Å². The minimum absolute atomic E-state index is 0.407. The first-order valence-electron chi connectivity index (χ1n) is 6.40. The molecular weight excluding hydrogens is 354 g/mol. The summed E-state index contributed by atoms with van der Waals surface area (Å²) in [7, 11) is 0. The van der Waals surface area contributed by atoms with Crippen molar-refractivity contribution in [3.05, 3.63) is 39.9 Å². The second-order valence-corrected chi connectivity index (χ2v) is 6.38. The highest BCUT2D eigenvalue weighted by Gasteiger charge is 2.17. The molecule has 0 aliphatic heterocycles. The molecule has 0 aromatic heterocycles. The smallest absolute Gasteiger partial charge is 0.326 e. The topological polar surface area (TPSA) is 66.4 Å². The maximum atomic E-state index is 11.8. The number of carbonyl (C=O) groups excluding carboxylic acids is 1. The summed E-state index contributed by atoms with van der Waals surface area (Å²) >= 11 is 4.97. The SMILES string of the molecule is CSCC[C@@H](NC(=O)/C=C/c1ccc(C)cc1Br)C(=O)O. The summed E-state index contributed by atoms with van der Waals surface area (Å²) in [6.45, 7) is 1.98. The summed E-state index contributed by atoms with van der Waals surface area (Å²) in [6.07, 6.45) is 5.32. The first-order valence-corrected chi connectivity index (χ1v) is 8.59. The third-order valence-electron chi connectivity index (χ3n) is 2.80. The summed E-state index contributed by atoms with van der Waals surface area (Å²) < 4.78 is 0.892. The van der Waals surface area contributed by atoms with Crippen LogP contribution in [0.15, 0.2) is 28.7 Å². The quantitative estimate of drug-likeness (QED) is 0.722. The van der Waals surface area contributed by atoms with Gasteiger partial charge in [0.2, 0.25) is 5.91 Å². The zero-order valence-corrected chi connectivity index (χ0v) is 14.3. The molecule has 2 N–H and O–H groups in total. The molecule has 1 amide bonds. The van der Waals surface area contributed by atoms with Crippen molar-refractivity contribution >= 4 is 45.6 Å². The first-order chi connectivity index (χ1) is 9.93. The molecule has 0 unspecified atom stereocenters. The van der Waals surface area contributed by atoms with E-state index in [1.165, 1.54) is 6.08 Å². The van der Waals surface area contributed by atoms with Crippen LogP contribution >= 0.6 is 27.7 Å².